The molecule has 0 spiro atoms. The summed E-state index contributed by atoms with van der Waals surface area (Å²) in [5.74, 6) is 1.36. The molecule has 1 N–H and O–H groups in total. The first-order chi connectivity index (χ1) is 9.19. The Morgan fingerprint density at radius 1 is 1.26 bits per heavy atom. The van der Waals surface area contributed by atoms with Gasteiger partial charge in [-0.3, -0.25) is 0 Å². The average molecular weight is 264 g/mol. The van der Waals surface area contributed by atoms with Crippen LogP contribution in [0.15, 0.2) is 18.3 Å². The molecule has 0 fully saturated rings. The second-order valence-corrected chi connectivity index (χ2v) is 5.28. The van der Waals surface area contributed by atoms with E-state index in [2.05, 4.69) is 44.1 Å². The summed E-state index contributed by atoms with van der Waals surface area (Å²) in [5.41, 5.74) is 1.15. The topological polar surface area (TPSA) is 34.2 Å². The fourth-order valence-corrected chi connectivity index (χ4v) is 2.12. The van der Waals surface area contributed by atoms with Crippen molar-refractivity contribution in [2.45, 2.75) is 53.0 Å². The summed E-state index contributed by atoms with van der Waals surface area (Å²) in [6.45, 7) is 10.5. The van der Waals surface area contributed by atoms with E-state index in [1.165, 1.54) is 12.8 Å². The van der Waals surface area contributed by atoms with Gasteiger partial charge in [0.1, 0.15) is 0 Å². The zero-order valence-corrected chi connectivity index (χ0v) is 12.8. The second-order valence-electron chi connectivity index (χ2n) is 5.28. The number of hydrogen-bond donors (Lipinski definition) is 1. The van der Waals surface area contributed by atoms with Gasteiger partial charge in [-0.1, -0.05) is 33.3 Å². The van der Waals surface area contributed by atoms with Gasteiger partial charge in [0.2, 0.25) is 5.88 Å². The maximum atomic E-state index is 5.90. The standard InChI is InChI=1S/C16H28N2O/c1-5-8-13(3)12-19-16-15(9-7-11-18-16)14(4)17-10-6-2/h7,9,11,13-14,17H,5-6,8,10,12H2,1-4H3. The Hall–Kier alpha value is -1.09. The van der Waals surface area contributed by atoms with Gasteiger partial charge in [0, 0.05) is 17.8 Å². The Kier molecular flexibility index (Phi) is 7.49. The monoisotopic (exact) mass is 264 g/mol. The van der Waals surface area contributed by atoms with Crippen LogP contribution >= 0.6 is 0 Å². The van der Waals surface area contributed by atoms with Crippen LogP contribution < -0.4 is 10.1 Å². The third-order valence-corrected chi connectivity index (χ3v) is 3.25. The summed E-state index contributed by atoms with van der Waals surface area (Å²) in [5, 5.41) is 3.48. The predicted octanol–water partition coefficient (Wildman–Crippen LogP) is 3.96. The average Bonchev–Trinajstić information content (AvgIpc) is 2.43. The number of nitrogens with one attached hydrogen (secondary N) is 1. The molecule has 0 radical (unpaired) electrons. The van der Waals surface area contributed by atoms with Crippen LogP contribution in [0.5, 0.6) is 5.88 Å². The fraction of sp³-hybridized carbons (Fsp3) is 0.688. The van der Waals surface area contributed by atoms with Crippen molar-refractivity contribution >= 4 is 0 Å². The van der Waals surface area contributed by atoms with E-state index in [9.17, 15) is 0 Å². The smallest absolute Gasteiger partial charge is 0.218 e. The van der Waals surface area contributed by atoms with Crippen LogP contribution in [0.4, 0.5) is 0 Å². The molecule has 0 bridgehead atoms. The maximum absolute atomic E-state index is 5.90. The quantitative estimate of drug-likeness (QED) is 0.733. The van der Waals surface area contributed by atoms with Crippen molar-refractivity contribution in [1.82, 2.24) is 10.3 Å². The van der Waals surface area contributed by atoms with E-state index in [1.807, 2.05) is 6.07 Å². The van der Waals surface area contributed by atoms with Crippen molar-refractivity contribution in [3.63, 3.8) is 0 Å². The van der Waals surface area contributed by atoms with E-state index in [0.29, 0.717) is 5.92 Å². The molecule has 1 aromatic heterocycles. The fourth-order valence-electron chi connectivity index (χ4n) is 2.12. The molecule has 3 nitrogen and oxygen atoms in total. The zero-order valence-electron chi connectivity index (χ0n) is 12.8. The van der Waals surface area contributed by atoms with Crippen LogP contribution in [0.1, 0.15) is 58.6 Å². The molecule has 2 atom stereocenters. The molecule has 0 aliphatic carbocycles. The van der Waals surface area contributed by atoms with E-state index < -0.39 is 0 Å². The van der Waals surface area contributed by atoms with Gasteiger partial charge in [0.15, 0.2) is 0 Å². The van der Waals surface area contributed by atoms with Gasteiger partial charge in [-0.2, -0.15) is 0 Å². The summed E-state index contributed by atoms with van der Waals surface area (Å²) < 4.78 is 5.90. The summed E-state index contributed by atoms with van der Waals surface area (Å²) in [7, 11) is 0. The molecule has 0 amide bonds. The molecule has 108 valence electrons. The highest BCUT2D eigenvalue weighted by Crippen LogP contribution is 2.23. The molecule has 3 heteroatoms. The number of nitrogens with zero attached hydrogens (tertiary/aromatic N) is 1. The Bertz CT molecular complexity index is 354. The van der Waals surface area contributed by atoms with Crippen LogP contribution in [-0.4, -0.2) is 18.1 Å². The first-order valence-corrected chi connectivity index (χ1v) is 7.50. The summed E-state index contributed by atoms with van der Waals surface area (Å²) >= 11 is 0. The summed E-state index contributed by atoms with van der Waals surface area (Å²) in [4.78, 5) is 4.38. The van der Waals surface area contributed by atoms with E-state index in [1.54, 1.807) is 6.20 Å². The van der Waals surface area contributed by atoms with Crippen molar-refractivity contribution in [3.8, 4) is 5.88 Å². The number of pyridine rings is 1. The molecule has 1 rings (SSSR count). The van der Waals surface area contributed by atoms with Gasteiger partial charge < -0.3 is 10.1 Å². The number of hydrogen-bond acceptors (Lipinski definition) is 3. The number of ether oxygens (including phenoxy) is 1. The van der Waals surface area contributed by atoms with Gasteiger partial charge in [0.25, 0.3) is 0 Å². The lowest BCUT2D eigenvalue weighted by Gasteiger charge is -2.18. The highest BCUT2D eigenvalue weighted by atomic mass is 16.5. The van der Waals surface area contributed by atoms with E-state index in [-0.39, 0.29) is 6.04 Å². The van der Waals surface area contributed by atoms with Gasteiger partial charge in [-0.15, -0.1) is 0 Å². The normalized spacial score (nSPS) is 14.1. The maximum Gasteiger partial charge on any atom is 0.218 e. The lowest BCUT2D eigenvalue weighted by Crippen LogP contribution is -2.21. The minimum absolute atomic E-state index is 0.283. The lowest BCUT2D eigenvalue weighted by molar-refractivity contribution is 0.239. The molecule has 1 aromatic rings. The second kappa shape index (κ2) is 8.92. The Balaban J connectivity index is 2.62. The number of rotatable bonds is 9. The summed E-state index contributed by atoms with van der Waals surface area (Å²) in [6.07, 6.45) is 5.34. The molecule has 0 saturated heterocycles. The van der Waals surface area contributed by atoms with Crippen molar-refractivity contribution in [2.24, 2.45) is 5.92 Å². The van der Waals surface area contributed by atoms with Crippen LogP contribution in [0.2, 0.25) is 0 Å². The minimum atomic E-state index is 0.283. The molecule has 0 aliphatic heterocycles. The van der Waals surface area contributed by atoms with Crippen molar-refractivity contribution in [3.05, 3.63) is 23.9 Å². The Labute approximate surface area is 117 Å². The molecular formula is C16H28N2O. The SMILES string of the molecule is CCCNC(C)c1cccnc1OCC(C)CCC. The van der Waals surface area contributed by atoms with Crippen LogP contribution in [0, 0.1) is 5.92 Å². The first-order valence-electron chi connectivity index (χ1n) is 7.50. The molecule has 2 unspecified atom stereocenters. The van der Waals surface area contributed by atoms with Crippen LogP contribution in [-0.2, 0) is 0 Å². The van der Waals surface area contributed by atoms with Crippen molar-refractivity contribution in [2.75, 3.05) is 13.2 Å². The van der Waals surface area contributed by atoms with E-state index >= 15 is 0 Å². The third kappa shape index (κ3) is 5.60. The molecule has 1 heterocycles. The van der Waals surface area contributed by atoms with Crippen molar-refractivity contribution in [1.29, 1.82) is 0 Å². The first kappa shape index (κ1) is 16.0. The summed E-state index contributed by atoms with van der Waals surface area (Å²) in [6, 6.07) is 4.35. The third-order valence-electron chi connectivity index (χ3n) is 3.25. The van der Waals surface area contributed by atoms with E-state index in [0.717, 1.165) is 31.0 Å². The van der Waals surface area contributed by atoms with Gasteiger partial charge in [0.05, 0.1) is 6.61 Å². The zero-order chi connectivity index (χ0) is 14.1. The highest BCUT2D eigenvalue weighted by Gasteiger charge is 2.12. The predicted molar refractivity (Wildman–Crippen MR) is 80.5 cm³/mol. The van der Waals surface area contributed by atoms with Crippen LogP contribution in [0.25, 0.3) is 0 Å². The van der Waals surface area contributed by atoms with Crippen LogP contribution in [0.3, 0.4) is 0 Å². The molecule has 0 aliphatic rings. The molecular weight excluding hydrogens is 236 g/mol. The van der Waals surface area contributed by atoms with Gasteiger partial charge >= 0.3 is 0 Å². The largest absolute Gasteiger partial charge is 0.477 e. The van der Waals surface area contributed by atoms with Gasteiger partial charge in [-0.25, -0.2) is 4.98 Å². The molecule has 0 saturated carbocycles. The Morgan fingerprint density at radius 3 is 2.74 bits per heavy atom. The van der Waals surface area contributed by atoms with Crippen molar-refractivity contribution < 1.29 is 4.74 Å². The Morgan fingerprint density at radius 2 is 2.05 bits per heavy atom. The number of aromatic nitrogens is 1. The lowest BCUT2D eigenvalue weighted by atomic mass is 10.1. The molecule has 19 heavy (non-hydrogen) atoms. The minimum Gasteiger partial charge on any atom is -0.477 e. The van der Waals surface area contributed by atoms with Gasteiger partial charge in [-0.05, 0) is 38.3 Å². The molecule has 0 aromatic carbocycles. The highest BCUT2D eigenvalue weighted by molar-refractivity contribution is 5.28. The van der Waals surface area contributed by atoms with E-state index in [4.69, 9.17) is 4.74 Å².